The second-order valence-electron chi connectivity index (χ2n) is 6.18. The number of nitrogens with one attached hydrogen (secondary N) is 2. The zero-order valence-electron chi connectivity index (χ0n) is 15.3. The van der Waals surface area contributed by atoms with Gasteiger partial charge in [0.05, 0.1) is 11.3 Å². The molecule has 0 saturated carbocycles. The molecule has 0 spiro atoms. The highest BCUT2D eigenvalue weighted by Gasteiger charge is 2.33. The summed E-state index contributed by atoms with van der Waals surface area (Å²) >= 11 is 0. The third-order valence-corrected chi connectivity index (χ3v) is 4.20. The number of benzene rings is 1. The van der Waals surface area contributed by atoms with Crippen LogP contribution in [0.3, 0.4) is 0 Å². The summed E-state index contributed by atoms with van der Waals surface area (Å²) in [5.41, 5.74) is -1.04. The lowest BCUT2D eigenvalue weighted by molar-refractivity contribution is -0.137. The summed E-state index contributed by atoms with van der Waals surface area (Å²) in [5, 5.41) is 5.64. The monoisotopic (exact) mass is 359 g/mol. The molecule has 1 amide bonds. The molecule has 0 aliphatic heterocycles. The molecule has 7 heteroatoms. The van der Waals surface area contributed by atoms with Gasteiger partial charge in [0, 0.05) is 25.0 Å². The Morgan fingerprint density at radius 2 is 1.76 bits per heavy atom. The first-order valence-corrected chi connectivity index (χ1v) is 8.62. The summed E-state index contributed by atoms with van der Waals surface area (Å²) in [7, 11) is 0. The number of carbonyl (C=O) groups excluding carboxylic acids is 1. The number of hydrogen-bond donors (Lipinski definition) is 2. The molecule has 0 heterocycles. The van der Waals surface area contributed by atoms with Crippen molar-refractivity contribution in [2.45, 2.75) is 52.4 Å². The minimum Gasteiger partial charge on any atom is -0.325 e. The number of halogens is 3. The number of carbonyl (C=O) groups is 1. The summed E-state index contributed by atoms with van der Waals surface area (Å²) in [6, 6.07) is 5.20. The van der Waals surface area contributed by atoms with Gasteiger partial charge in [-0.15, -0.1) is 0 Å². The predicted octanol–water partition coefficient (Wildman–Crippen LogP) is 3.74. The molecule has 0 aliphatic rings. The van der Waals surface area contributed by atoms with E-state index in [1.165, 1.54) is 18.2 Å². The van der Waals surface area contributed by atoms with Crippen molar-refractivity contribution in [3.05, 3.63) is 29.8 Å². The molecule has 25 heavy (non-hydrogen) atoms. The van der Waals surface area contributed by atoms with Crippen LogP contribution in [-0.2, 0) is 11.0 Å². The van der Waals surface area contributed by atoms with Crippen molar-refractivity contribution in [2.75, 3.05) is 25.0 Å². The van der Waals surface area contributed by atoms with Crippen LogP contribution in [0.2, 0.25) is 0 Å². The average Bonchev–Trinajstić information content (AvgIpc) is 2.53. The number of alkyl halides is 3. The van der Waals surface area contributed by atoms with Crippen molar-refractivity contribution in [1.29, 1.82) is 0 Å². The van der Waals surface area contributed by atoms with Gasteiger partial charge < -0.3 is 10.6 Å². The third kappa shape index (κ3) is 7.04. The van der Waals surface area contributed by atoms with Crippen molar-refractivity contribution in [2.24, 2.45) is 0 Å². The average molecular weight is 359 g/mol. The number of nitrogens with zero attached hydrogens (tertiary/aromatic N) is 1. The summed E-state index contributed by atoms with van der Waals surface area (Å²) < 4.78 is 38.8. The van der Waals surface area contributed by atoms with Crippen LogP contribution < -0.4 is 10.6 Å². The molecule has 2 N–H and O–H groups in total. The predicted molar refractivity (Wildman–Crippen MR) is 94.5 cm³/mol. The van der Waals surface area contributed by atoms with Crippen LogP contribution in [0.4, 0.5) is 18.9 Å². The van der Waals surface area contributed by atoms with Crippen LogP contribution in [0.5, 0.6) is 0 Å². The highest BCUT2D eigenvalue weighted by atomic mass is 19.4. The van der Waals surface area contributed by atoms with E-state index in [1.54, 1.807) is 0 Å². The smallest absolute Gasteiger partial charge is 0.325 e. The van der Waals surface area contributed by atoms with E-state index >= 15 is 0 Å². The first-order chi connectivity index (χ1) is 11.7. The van der Waals surface area contributed by atoms with Crippen molar-refractivity contribution < 1.29 is 18.0 Å². The second kappa shape index (κ2) is 9.77. The van der Waals surface area contributed by atoms with Crippen molar-refractivity contribution >= 4 is 11.6 Å². The topological polar surface area (TPSA) is 44.4 Å². The summed E-state index contributed by atoms with van der Waals surface area (Å²) in [5.74, 6) is -0.438. The van der Waals surface area contributed by atoms with Gasteiger partial charge in [0.2, 0.25) is 5.91 Å². The lowest BCUT2D eigenvalue weighted by Gasteiger charge is -2.27. The highest BCUT2D eigenvalue weighted by molar-refractivity contribution is 5.92. The van der Waals surface area contributed by atoms with E-state index < -0.39 is 17.6 Å². The van der Waals surface area contributed by atoms with Gasteiger partial charge in [-0.3, -0.25) is 9.69 Å². The number of rotatable bonds is 9. The summed E-state index contributed by atoms with van der Waals surface area (Å²) in [4.78, 5) is 14.4. The van der Waals surface area contributed by atoms with Gasteiger partial charge in [-0.25, -0.2) is 0 Å². The van der Waals surface area contributed by atoms with E-state index in [9.17, 15) is 18.0 Å². The zero-order valence-corrected chi connectivity index (χ0v) is 15.3. The van der Waals surface area contributed by atoms with E-state index in [2.05, 4.69) is 36.3 Å². The highest BCUT2D eigenvalue weighted by Crippen LogP contribution is 2.34. The zero-order chi connectivity index (χ0) is 19.0. The fraction of sp³-hybridized carbons (Fsp3) is 0.611. The van der Waals surface area contributed by atoms with Crippen molar-refractivity contribution in [1.82, 2.24) is 10.2 Å². The molecule has 1 rings (SSSR count). The summed E-state index contributed by atoms with van der Waals surface area (Å²) in [6.07, 6.45) is -4.38. The molecule has 0 aromatic heterocycles. The molecule has 2 atom stereocenters. The maximum absolute atomic E-state index is 12.9. The molecule has 1 aromatic carbocycles. The minimum absolute atomic E-state index is 0.108. The largest absolute Gasteiger partial charge is 0.418 e. The molecule has 0 bridgehead atoms. The Balaban J connectivity index is 2.55. The van der Waals surface area contributed by atoms with Gasteiger partial charge >= 0.3 is 6.18 Å². The van der Waals surface area contributed by atoms with Gasteiger partial charge in [0.15, 0.2) is 0 Å². The maximum Gasteiger partial charge on any atom is 0.418 e. The molecule has 1 aromatic rings. The molecular weight excluding hydrogens is 331 g/mol. The minimum atomic E-state index is -4.49. The number of amides is 1. The van der Waals surface area contributed by atoms with E-state index in [-0.39, 0.29) is 18.2 Å². The van der Waals surface area contributed by atoms with Crippen molar-refractivity contribution in [3.8, 4) is 0 Å². The Bertz CT molecular complexity index is 545. The van der Waals surface area contributed by atoms with Crippen LogP contribution in [-0.4, -0.2) is 42.5 Å². The van der Waals surface area contributed by atoms with Gasteiger partial charge in [-0.05, 0) is 39.1 Å². The maximum atomic E-state index is 12.9. The number of hydrogen-bond acceptors (Lipinski definition) is 3. The Labute approximate surface area is 147 Å². The standard InChI is InChI=1S/C18H28F3N3O/c1-5-24(6-2)14(4)12-22-13(3)11-17(25)23-16-10-8-7-9-15(16)18(19,20)21/h7-10,13-14,22H,5-6,11-12H2,1-4H3,(H,23,25). The lowest BCUT2D eigenvalue weighted by Crippen LogP contribution is -2.43. The van der Waals surface area contributed by atoms with Crippen LogP contribution in [0.25, 0.3) is 0 Å². The Hall–Kier alpha value is -1.60. The molecular formula is C18H28F3N3O. The van der Waals surface area contributed by atoms with E-state index in [0.717, 1.165) is 25.7 Å². The van der Waals surface area contributed by atoms with Crippen LogP contribution in [0, 0.1) is 0 Å². The number of anilines is 1. The molecule has 0 radical (unpaired) electrons. The van der Waals surface area contributed by atoms with Crippen molar-refractivity contribution in [3.63, 3.8) is 0 Å². The second-order valence-corrected chi connectivity index (χ2v) is 6.18. The Morgan fingerprint density at radius 3 is 2.32 bits per heavy atom. The lowest BCUT2D eigenvalue weighted by atomic mass is 10.1. The fourth-order valence-corrected chi connectivity index (χ4v) is 2.74. The van der Waals surface area contributed by atoms with E-state index in [4.69, 9.17) is 0 Å². The fourth-order valence-electron chi connectivity index (χ4n) is 2.74. The van der Waals surface area contributed by atoms with Gasteiger partial charge in [-0.1, -0.05) is 26.0 Å². The van der Waals surface area contributed by atoms with Crippen LogP contribution >= 0.6 is 0 Å². The summed E-state index contributed by atoms with van der Waals surface area (Å²) in [6.45, 7) is 10.8. The number of likely N-dealkylation sites (N-methyl/N-ethyl adjacent to an activating group) is 1. The van der Waals surface area contributed by atoms with E-state index in [0.29, 0.717) is 6.04 Å². The molecule has 142 valence electrons. The Kier molecular flexibility index (Phi) is 8.38. The quantitative estimate of drug-likeness (QED) is 0.706. The third-order valence-electron chi connectivity index (χ3n) is 4.20. The van der Waals surface area contributed by atoms with Gasteiger partial charge in [0.25, 0.3) is 0 Å². The molecule has 2 unspecified atom stereocenters. The molecule has 0 fully saturated rings. The molecule has 0 saturated heterocycles. The van der Waals surface area contributed by atoms with Crippen LogP contribution in [0.1, 0.15) is 39.7 Å². The molecule has 0 aliphatic carbocycles. The Morgan fingerprint density at radius 1 is 1.16 bits per heavy atom. The first kappa shape index (κ1) is 21.4. The van der Waals surface area contributed by atoms with Gasteiger partial charge in [-0.2, -0.15) is 13.2 Å². The molecule has 4 nitrogen and oxygen atoms in total. The van der Waals surface area contributed by atoms with Crippen LogP contribution in [0.15, 0.2) is 24.3 Å². The van der Waals surface area contributed by atoms with Gasteiger partial charge in [0.1, 0.15) is 0 Å². The SMILES string of the molecule is CCN(CC)C(C)CNC(C)CC(=O)Nc1ccccc1C(F)(F)F. The normalized spacial score (nSPS) is 14.4. The van der Waals surface area contributed by atoms with E-state index in [1.807, 2.05) is 6.92 Å². The number of para-hydroxylation sites is 1. The first-order valence-electron chi connectivity index (χ1n) is 8.62.